The Hall–Kier alpha value is -2.35. The smallest absolute Gasteiger partial charge is 0.248 e. The van der Waals surface area contributed by atoms with Gasteiger partial charge in [0.25, 0.3) is 0 Å². The van der Waals surface area contributed by atoms with Crippen LogP contribution in [0.3, 0.4) is 0 Å². The number of nitrogens with zero attached hydrogens (tertiary/aromatic N) is 2. The zero-order valence-electron chi connectivity index (χ0n) is 13.6. The Labute approximate surface area is 139 Å². The Bertz CT molecular complexity index is 630. The number of nitrogens with one attached hydrogen (secondary N) is 2. The average molecular weight is 336 g/mol. The highest BCUT2D eigenvalue weighted by atomic mass is 19.1. The Morgan fingerprint density at radius 2 is 1.83 bits per heavy atom. The van der Waals surface area contributed by atoms with Crippen LogP contribution in [0.2, 0.25) is 0 Å². The van der Waals surface area contributed by atoms with E-state index in [0.29, 0.717) is 38.0 Å². The number of hydrazine groups is 1. The maximum absolute atomic E-state index is 14.9. The number of ether oxygens (including phenoxy) is 1. The lowest BCUT2D eigenvalue weighted by Gasteiger charge is -2.31. The summed E-state index contributed by atoms with van der Waals surface area (Å²) < 4.78 is 20.0. The number of anilines is 2. The number of hydrogen-bond acceptors (Lipinski definition) is 6. The molecule has 0 saturated carbocycles. The maximum atomic E-state index is 14.9. The van der Waals surface area contributed by atoms with Gasteiger partial charge in [0.05, 0.1) is 18.5 Å². The van der Waals surface area contributed by atoms with Gasteiger partial charge in [0, 0.05) is 39.0 Å². The minimum atomic E-state index is -0.499. The van der Waals surface area contributed by atoms with Gasteiger partial charge >= 0.3 is 0 Å². The standard InChI is InChI=1S/C16H21FN4O3/c1-24-16-11(19-21-13(22)3-2-4-14(21)23)5-6-12(15(16)17)20-9-7-18-8-10-20/h5-6,18-19H,2-4,7-10H2,1H3. The van der Waals surface area contributed by atoms with Crippen LogP contribution in [-0.2, 0) is 9.59 Å². The Balaban J connectivity index is 1.87. The molecule has 2 aliphatic heterocycles. The molecule has 0 aromatic heterocycles. The van der Waals surface area contributed by atoms with E-state index < -0.39 is 5.82 Å². The number of carbonyl (C=O) groups excluding carboxylic acids is 2. The largest absolute Gasteiger partial charge is 0.491 e. The summed E-state index contributed by atoms with van der Waals surface area (Å²) in [5.74, 6) is -1.14. The summed E-state index contributed by atoms with van der Waals surface area (Å²) in [6.45, 7) is 2.99. The number of imide groups is 1. The van der Waals surface area contributed by atoms with E-state index in [1.807, 2.05) is 4.90 Å². The van der Waals surface area contributed by atoms with Crippen molar-refractivity contribution in [3.05, 3.63) is 17.9 Å². The van der Waals surface area contributed by atoms with Crippen molar-refractivity contribution in [1.82, 2.24) is 10.3 Å². The van der Waals surface area contributed by atoms with Crippen LogP contribution in [0, 0.1) is 5.82 Å². The fraction of sp³-hybridized carbons (Fsp3) is 0.500. The summed E-state index contributed by atoms with van der Waals surface area (Å²) in [6, 6.07) is 3.28. The average Bonchev–Trinajstić information content (AvgIpc) is 2.59. The van der Waals surface area contributed by atoms with E-state index in [2.05, 4.69) is 10.7 Å². The predicted octanol–water partition coefficient (Wildman–Crippen LogP) is 1.11. The molecule has 0 unspecified atom stereocenters. The number of benzene rings is 1. The normalized spacial score (nSPS) is 18.8. The van der Waals surface area contributed by atoms with E-state index in [1.165, 1.54) is 7.11 Å². The second-order valence-corrected chi connectivity index (χ2v) is 5.80. The fourth-order valence-electron chi connectivity index (χ4n) is 2.98. The monoisotopic (exact) mass is 336 g/mol. The third kappa shape index (κ3) is 3.14. The number of rotatable bonds is 4. The molecule has 2 fully saturated rings. The molecule has 0 aliphatic carbocycles. The topological polar surface area (TPSA) is 73.9 Å². The van der Waals surface area contributed by atoms with Gasteiger partial charge in [-0.1, -0.05) is 0 Å². The lowest BCUT2D eigenvalue weighted by Crippen LogP contribution is -2.44. The van der Waals surface area contributed by atoms with Crippen LogP contribution in [0.25, 0.3) is 0 Å². The Morgan fingerprint density at radius 3 is 2.46 bits per heavy atom. The number of methoxy groups -OCH3 is 1. The highest BCUT2D eigenvalue weighted by molar-refractivity contribution is 5.99. The van der Waals surface area contributed by atoms with Gasteiger partial charge in [-0.25, -0.2) is 4.39 Å². The lowest BCUT2D eigenvalue weighted by molar-refractivity contribution is -0.146. The first kappa shape index (κ1) is 16.5. The molecule has 24 heavy (non-hydrogen) atoms. The van der Waals surface area contributed by atoms with E-state index in [4.69, 9.17) is 4.74 Å². The zero-order valence-corrected chi connectivity index (χ0v) is 13.6. The number of carbonyl (C=O) groups is 2. The summed E-state index contributed by atoms with van der Waals surface area (Å²) in [5, 5.41) is 4.17. The summed E-state index contributed by atoms with van der Waals surface area (Å²) >= 11 is 0. The molecule has 0 bridgehead atoms. The highest BCUT2D eigenvalue weighted by Gasteiger charge is 2.28. The molecule has 2 heterocycles. The minimum Gasteiger partial charge on any atom is -0.491 e. The van der Waals surface area contributed by atoms with Crippen molar-refractivity contribution in [3.63, 3.8) is 0 Å². The van der Waals surface area contributed by atoms with Crippen LogP contribution in [0.4, 0.5) is 15.8 Å². The minimum absolute atomic E-state index is 0.00259. The summed E-state index contributed by atoms with van der Waals surface area (Å²) in [6.07, 6.45) is 1.13. The molecule has 7 nitrogen and oxygen atoms in total. The summed E-state index contributed by atoms with van der Waals surface area (Å²) in [5.41, 5.74) is 3.42. The molecule has 2 saturated heterocycles. The summed E-state index contributed by atoms with van der Waals surface area (Å²) in [4.78, 5) is 25.7. The van der Waals surface area contributed by atoms with E-state index in [0.717, 1.165) is 18.1 Å². The molecule has 0 spiro atoms. The molecule has 3 rings (SSSR count). The maximum Gasteiger partial charge on any atom is 0.248 e. The SMILES string of the molecule is COc1c(NN2C(=O)CCCC2=O)ccc(N2CCNCC2)c1F. The van der Waals surface area contributed by atoms with E-state index in [1.54, 1.807) is 12.1 Å². The fourth-order valence-corrected chi connectivity index (χ4v) is 2.98. The number of piperidine rings is 1. The van der Waals surface area contributed by atoms with Crippen molar-refractivity contribution in [2.45, 2.75) is 19.3 Å². The quantitative estimate of drug-likeness (QED) is 0.803. The zero-order chi connectivity index (χ0) is 17.1. The van der Waals surface area contributed by atoms with E-state index >= 15 is 0 Å². The molecule has 2 amide bonds. The molecule has 8 heteroatoms. The molecule has 2 N–H and O–H groups in total. The number of halogens is 1. The molecule has 0 atom stereocenters. The first-order valence-corrected chi connectivity index (χ1v) is 8.06. The molecule has 130 valence electrons. The second-order valence-electron chi connectivity index (χ2n) is 5.80. The Kier molecular flexibility index (Phi) is 4.84. The highest BCUT2D eigenvalue weighted by Crippen LogP contribution is 2.35. The van der Waals surface area contributed by atoms with Gasteiger partial charge in [-0.05, 0) is 18.6 Å². The van der Waals surface area contributed by atoms with Crippen molar-refractivity contribution in [2.24, 2.45) is 0 Å². The Morgan fingerprint density at radius 1 is 1.17 bits per heavy atom. The van der Waals surface area contributed by atoms with Crippen molar-refractivity contribution in [2.75, 3.05) is 43.6 Å². The number of amides is 2. The van der Waals surface area contributed by atoms with E-state index in [9.17, 15) is 14.0 Å². The van der Waals surface area contributed by atoms with Crippen molar-refractivity contribution in [3.8, 4) is 5.75 Å². The van der Waals surface area contributed by atoms with Gasteiger partial charge in [-0.3, -0.25) is 15.0 Å². The lowest BCUT2D eigenvalue weighted by atomic mass is 10.1. The van der Waals surface area contributed by atoms with Gasteiger partial charge in [0.15, 0.2) is 11.6 Å². The van der Waals surface area contributed by atoms with Gasteiger partial charge in [-0.15, -0.1) is 0 Å². The van der Waals surface area contributed by atoms with Gasteiger partial charge in [0.1, 0.15) is 0 Å². The van der Waals surface area contributed by atoms with E-state index in [-0.39, 0.29) is 23.3 Å². The van der Waals surface area contributed by atoms with Crippen LogP contribution in [-0.4, -0.2) is 50.1 Å². The van der Waals surface area contributed by atoms with Gasteiger partial charge in [0.2, 0.25) is 11.8 Å². The molecule has 2 aliphatic rings. The van der Waals surface area contributed by atoms with Crippen LogP contribution in [0.1, 0.15) is 19.3 Å². The molecule has 0 radical (unpaired) electrons. The third-order valence-corrected chi connectivity index (χ3v) is 4.25. The molecule has 1 aromatic rings. The first-order chi connectivity index (χ1) is 11.6. The molecule has 1 aromatic carbocycles. The van der Waals surface area contributed by atoms with Crippen molar-refractivity contribution >= 4 is 23.2 Å². The number of hydrogen-bond donors (Lipinski definition) is 2. The third-order valence-electron chi connectivity index (χ3n) is 4.25. The predicted molar refractivity (Wildman–Crippen MR) is 87.4 cm³/mol. The first-order valence-electron chi connectivity index (χ1n) is 8.06. The van der Waals surface area contributed by atoms with Crippen molar-refractivity contribution in [1.29, 1.82) is 0 Å². The second kappa shape index (κ2) is 7.04. The van der Waals surface area contributed by atoms with Gasteiger partial charge in [-0.2, -0.15) is 5.01 Å². The molecular formula is C16H21FN4O3. The van der Waals surface area contributed by atoms with Crippen LogP contribution < -0.4 is 20.4 Å². The number of piperazine rings is 1. The molecular weight excluding hydrogens is 315 g/mol. The van der Waals surface area contributed by atoms with Gasteiger partial charge < -0.3 is 15.0 Å². The van der Waals surface area contributed by atoms with Crippen LogP contribution in [0.15, 0.2) is 12.1 Å². The summed E-state index contributed by atoms with van der Waals surface area (Å²) in [7, 11) is 1.37. The van der Waals surface area contributed by atoms with Crippen LogP contribution >= 0.6 is 0 Å². The van der Waals surface area contributed by atoms with Crippen LogP contribution in [0.5, 0.6) is 5.75 Å². The van der Waals surface area contributed by atoms with Crippen molar-refractivity contribution < 1.29 is 18.7 Å².